The van der Waals surface area contributed by atoms with Crippen molar-refractivity contribution in [2.45, 2.75) is 32.7 Å². The maximum Gasteiger partial charge on any atom is 0.0614 e. The summed E-state index contributed by atoms with van der Waals surface area (Å²) in [6, 6.07) is 6.07. The molecule has 1 atom stereocenters. The summed E-state index contributed by atoms with van der Waals surface area (Å²) in [5.74, 6) is 0. The molecule has 1 rings (SSSR count). The molecule has 0 fully saturated rings. The third-order valence-corrected chi connectivity index (χ3v) is 2.98. The van der Waals surface area contributed by atoms with E-state index in [1.807, 2.05) is 18.2 Å². The molecule has 0 saturated carbocycles. The van der Waals surface area contributed by atoms with Gasteiger partial charge in [0.2, 0.25) is 0 Å². The standard InChI is InChI=1S/C12H19ClN2/c1-4-5-9(2)15(3)12-8-10(13)6-7-11(12)14/h6-9H,4-5,14H2,1-3H3. The van der Waals surface area contributed by atoms with Gasteiger partial charge in [0.1, 0.15) is 0 Å². The van der Waals surface area contributed by atoms with Gasteiger partial charge in [-0.1, -0.05) is 24.9 Å². The highest BCUT2D eigenvalue weighted by atomic mass is 35.5. The predicted molar refractivity (Wildman–Crippen MR) is 68.6 cm³/mol. The molecule has 0 spiro atoms. The van der Waals surface area contributed by atoms with Gasteiger partial charge in [-0.2, -0.15) is 0 Å². The Bertz CT molecular complexity index is 325. The Kier molecular flexibility index (Phi) is 4.28. The van der Waals surface area contributed by atoms with Crippen LogP contribution in [0, 0.1) is 0 Å². The minimum absolute atomic E-state index is 0.482. The molecule has 0 aliphatic carbocycles. The molecule has 0 amide bonds. The maximum absolute atomic E-state index is 5.96. The highest BCUT2D eigenvalue weighted by Gasteiger charge is 2.11. The lowest BCUT2D eigenvalue weighted by Crippen LogP contribution is -2.29. The first kappa shape index (κ1) is 12.2. The highest BCUT2D eigenvalue weighted by Crippen LogP contribution is 2.28. The van der Waals surface area contributed by atoms with Crippen LogP contribution in [0.3, 0.4) is 0 Å². The smallest absolute Gasteiger partial charge is 0.0614 e. The van der Waals surface area contributed by atoms with E-state index in [-0.39, 0.29) is 0 Å². The van der Waals surface area contributed by atoms with Crippen LogP contribution in [-0.4, -0.2) is 13.1 Å². The molecule has 15 heavy (non-hydrogen) atoms. The quantitative estimate of drug-likeness (QED) is 0.796. The van der Waals surface area contributed by atoms with Gasteiger partial charge in [-0.3, -0.25) is 0 Å². The summed E-state index contributed by atoms with van der Waals surface area (Å²) < 4.78 is 0. The maximum atomic E-state index is 5.96. The monoisotopic (exact) mass is 226 g/mol. The van der Waals surface area contributed by atoms with Gasteiger partial charge >= 0.3 is 0 Å². The summed E-state index contributed by atoms with van der Waals surface area (Å²) in [5.41, 5.74) is 7.72. The highest BCUT2D eigenvalue weighted by molar-refractivity contribution is 6.31. The summed E-state index contributed by atoms with van der Waals surface area (Å²) in [6.07, 6.45) is 2.33. The van der Waals surface area contributed by atoms with Crippen molar-refractivity contribution in [1.82, 2.24) is 0 Å². The van der Waals surface area contributed by atoms with Gasteiger partial charge in [-0.15, -0.1) is 0 Å². The summed E-state index contributed by atoms with van der Waals surface area (Å²) in [6.45, 7) is 4.38. The molecule has 1 aromatic rings. The first-order chi connectivity index (χ1) is 7.06. The van der Waals surface area contributed by atoms with E-state index in [1.54, 1.807) is 0 Å². The molecule has 0 aliphatic heterocycles. The fourth-order valence-corrected chi connectivity index (χ4v) is 1.84. The molecule has 0 aliphatic rings. The lowest BCUT2D eigenvalue weighted by atomic mass is 10.1. The Hall–Kier alpha value is -0.890. The van der Waals surface area contributed by atoms with Gasteiger partial charge in [0, 0.05) is 18.1 Å². The van der Waals surface area contributed by atoms with Crippen molar-refractivity contribution in [3.63, 3.8) is 0 Å². The van der Waals surface area contributed by atoms with Crippen LogP contribution in [0.15, 0.2) is 18.2 Å². The van der Waals surface area contributed by atoms with Crippen molar-refractivity contribution < 1.29 is 0 Å². The van der Waals surface area contributed by atoms with Crippen LogP contribution in [0.4, 0.5) is 11.4 Å². The molecule has 0 aromatic heterocycles. The van der Waals surface area contributed by atoms with E-state index < -0.39 is 0 Å². The number of hydrogen-bond acceptors (Lipinski definition) is 2. The Morgan fingerprint density at radius 1 is 1.47 bits per heavy atom. The van der Waals surface area contributed by atoms with E-state index in [1.165, 1.54) is 6.42 Å². The summed E-state index contributed by atoms with van der Waals surface area (Å²) in [4.78, 5) is 2.19. The Morgan fingerprint density at radius 3 is 2.73 bits per heavy atom. The minimum Gasteiger partial charge on any atom is -0.397 e. The number of rotatable bonds is 4. The molecule has 0 radical (unpaired) electrons. The van der Waals surface area contributed by atoms with Crippen molar-refractivity contribution in [2.75, 3.05) is 17.7 Å². The van der Waals surface area contributed by atoms with E-state index >= 15 is 0 Å². The molecule has 0 bridgehead atoms. The second-order valence-electron chi connectivity index (χ2n) is 3.95. The van der Waals surface area contributed by atoms with Gasteiger partial charge in [0.25, 0.3) is 0 Å². The third-order valence-electron chi connectivity index (χ3n) is 2.74. The number of halogens is 1. The van der Waals surface area contributed by atoms with Crippen LogP contribution < -0.4 is 10.6 Å². The number of anilines is 2. The fraction of sp³-hybridized carbons (Fsp3) is 0.500. The van der Waals surface area contributed by atoms with Gasteiger partial charge in [-0.25, -0.2) is 0 Å². The topological polar surface area (TPSA) is 29.3 Å². The van der Waals surface area contributed by atoms with Gasteiger partial charge in [-0.05, 0) is 31.5 Å². The van der Waals surface area contributed by atoms with E-state index in [9.17, 15) is 0 Å². The number of nitrogens with zero attached hydrogens (tertiary/aromatic N) is 1. The first-order valence-electron chi connectivity index (χ1n) is 5.34. The van der Waals surface area contributed by atoms with Crippen molar-refractivity contribution in [3.05, 3.63) is 23.2 Å². The Labute approximate surface area is 97.0 Å². The number of benzene rings is 1. The lowest BCUT2D eigenvalue weighted by Gasteiger charge is -2.28. The van der Waals surface area contributed by atoms with Crippen molar-refractivity contribution in [2.24, 2.45) is 0 Å². The third kappa shape index (κ3) is 3.03. The Morgan fingerprint density at radius 2 is 2.13 bits per heavy atom. The lowest BCUT2D eigenvalue weighted by molar-refractivity contribution is 0.617. The molecule has 2 N–H and O–H groups in total. The van der Waals surface area contributed by atoms with E-state index in [0.29, 0.717) is 6.04 Å². The summed E-state index contributed by atoms with van der Waals surface area (Å²) in [5, 5.41) is 0.731. The fourth-order valence-electron chi connectivity index (χ4n) is 1.67. The predicted octanol–water partition coefficient (Wildman–Crippen LogP) is 3.55. The van der Waals surface area contributed by atoms with Gasteiger partial charge < -0.3 is 10.6 Å². The van der Waals surface area contributed by atoms with Crippen LogP contribution >= 0.6 is 11.6 Å². The zero-order chi connectivity index (χ0) is 11.4. The largest absolute Gasteiger partial charge is 0.397 e. The number of hydrogen-bond donors (Lipinski definition) is 1. The number of nitrogen functional groups attached to an aromatic ring is 1. The number of nitrogens with two attached hydrogens (primary N) is 1. The molecule has 2 nitrogen and oxygen atoms in total. The van der Waals surface area contributed by atoms with E-state index in [2.05, 4.69) is 25.8 Å². The van der Waals surface area contributed by atoms with Crippen LogP contribution in [0.2, 0.25) is 5.02 Å². The van der Waals surface area contributed by atoms with Crippen LogP contribution in [0.25, 0.3) is 0 Å². The second-order valence-corrected chi connectivity index (χ2v) is 4.39. The van der Waals surface area contributed by atoms with Crippen molar-refractivity contribution >= 4 is 23.0 Å². The SMILES string of the molecule is CCCC(C)N(C)c1cc(Cl)ccc1N. The second kappa shape index (κ2) is 5.26. The summed E-state index contributed by atoms with van der Waals surface area (Å²) >= 11 is 5.96. The first-order valence-corrected chi connectivity index (χ1v) is 5.72. The molecule has 1 unspecified atom stereocenters. The van der Waals surface area contributed by atoms with Crippen molar-refractivity contribution in [1.29, 1.82) is 0 Å². The molecular weight excluding hydrogens is 208 g/mol. The molecular formula is C12H19ClN2. The van der Waals surface area contributed by atoms with Gasteiger partial charge in [0.15, 0.2) is 0 Å². The molecule has 0 saturated heterocycles. The normalized spacial score (nSPS) is 12.5. The average Bonchev–Trinajstić information content (AvgIpc) is 2.21. The summed E-state index contributed by atoms with van der Waals surface area (Å²) in [7, 11) is 2.06. The Balaban J connectivity index is 2.89. The van der Waals surface area contributed by atoms with Gasteiger partial charge in [0.05, 0.1) is 11.4 Å². The zero-order valence-electron chi connectivity index (χ0n) is 9.63. The van der Waals surface area contributed by atoms with Crippen LogP contribution in [0.1, 0.15) is 26.7 Å². The molecule has 1 aromatic carbocycles. The van der Waals surface area contributed by atoms with Crippen molar-refractivity contribution in [3.8, 4) is 0 Å². The van der Waals surface area contributed by atoms with E-state index in [4.69, 9.17) is 17.3 Å². The van der Waals surface area contributed by atoms with Crippen LogP contribution in [0.5, 0.6) is 0 Å². The average molecular weight is 227 g/mol. The molecule has 0 heterocycles. The van der Waals surface area contributed by atoms with Crippen LogP contribution in [-0.2, 0) is 0 Å². The minimum atomic E-state index is 0.482. The van der Waals surface area contributed by atoms with E-state index in [0.717, 1.165) is 22.8 Å². The zero-order valence-corrected chi connectivity index (χ0v) is 10.4. The molecule has 84 valence electrons. The molecule has 3 heteroatoms.